The Labute approximate surface area is 123 Å². The van der Waals surface area contributed by atoms with E-state index in [4.69, 9.17) is 33.7 Å². The number of rotatable bonds is 3. The minimum absolute atomic E-state index is 0.342. The molecular formula is C12H9Cl2N3OS. The van der Waals surface area contributed by atoms with E-state index in [0.29, 0.717) is 28.2 Å². The number of nitrogens with two attached hydrogens (primary N) is 1. The van der Waals surface area contributed by atoms with E-state index in [2.05, 4.69) is 4.98 Å². The van der Waals surface area contributed by atoms with Crippen LogP contribution in [0.15, 0.2) is 29.8 Å². The number of thiazole rings is 1. The molecule has 3 rings (SSSR count). The average Bonchev–Trinajstić information content (AvgIpc) is 2.94. The second-order valence-corrected chi connectivity index (χ2v) is 5.49. The van der Waals surface area contributed by atoms with Crippen LogP contribution in [0, 0.1) is 0 Å². The van der Waals surface area contributed by atoms with Gasteiger partial charge >= 0.3 is 0 Å². The van der Waals surface area contributed by atoms with Crippen molar-refractivity contribution in [2.75, 3.05) is 0 Å². The van der Waals surface area contributed by atoms with Crippen LogP contribution in [0.5, 0.6) is 11.6 Å². The molecule has 0 aliphatic heterocycles. The number of halogens is 2. The highest BCUT2D eigenvalue weighted by Crippen LogP contribution is 2.31. The van der Waals surface area contributed by atoms with E-state index in [1.165, 1.54) is 11.3 Å². The van der Waals surface area contributed by atoms with Crippen LogP contribution in [0.25, 0.3) is 4.96 Å². The van der Waals surface area contributed by atoms with Crippen LogP contribution in [-0.2, 0) is 6.54 Å². The van der Waals surface area contributed by atoms with Crippen LogP contribution in [-0.4, -0.2) is 9.38 Å². The van der Waals surface area contributed by atoms with Crippen LogP contribution in [0.3, 0.4) is 0 Å². The second kappa shape index (κ2) is 5.02. The van der Waals surface area contributed by atoms with E-state index in [1.54, 1.807) is 18.2 Å². The van der Waals surface area contributed by atoms with Gasteiger partial charge in [-0.1, -0.05) is 23.2 Å². The molecule has 0 saturated heterocycles. The summed E-state index contributed by atoms with van der Waals surface area (Å²) in [6, 6.07) is 5.07. The third kappa shape index (κ3) is 2.30. The lowest BCUT2D eigenvalue weighted by atomic mass is 10.3. The number of ether oxygens (including phenoxy) is 1. The third-order valence-electron chi connectivity index (χ3n) is 2.62. The molecule has 0 atom stereocenters. The summed E-state index contributed by atoms with van der Waals surface area (Å²) in [5, 5.41) is 2.87. The van der Waals surface area contributed by atoms with Crippen LogP contribution >= 0.6 is 34.5 Å². The Morgan fingerprint density at radius 1 is 1.32 bits per heavy atom. The van der Waals surface area contributed by atoms with Gasteiger partial charge in [0.1, 0.15) is 11.4 Å². The molecule has 3 aromatic rings. The first kappa shape index (κ1) is 12.7. The molecule has 0 saturated carbocycles. The topological polar surface area (TPSA) is 52.5 Å². The van der Waals surface area contributed by atoms with Gasteiger partial charge in [0, 0.05) is 24.2 Å². The lowest BCUT2D eigenvalue weighted by molar-refractivity contribution is 0.459. The Hall–Kier alpha value is -1.27. The van der Waals surface area contributed by atoms with Crippen molar-refractivity contribution in [2.45, 2.75) is 6.54 Å². The molecule has 0 bridgehead atoms. The van der Waals surface area contributed by atoms with E-state index in [0.717, 1.165) is 10.7 Å². The van der Waals surface area contributed by atoms with Gasteiger partial charge < -0.3 is 10.5 Å². The van der Waals surface area contributed by atoms with E-state index in [-0.39, 0.29) is 0 Å². The lowest BCUT2D eigenvalue weighted by Gasteiger charge is -2.05. The minimum atomic E-state index is 0.342. The summed E-state index contributed by atoms with van der Waals surface area (Å²) in [6.45, 7) is 0.342. The predicted octanol–water partition coefficient (Wildman–Crippen LogP) is 3.95. The quantitative estimate of drug-likeness (QED) is 0.796. The number of imidazole rings is 1. The number of aromatic nitrogens is 2. The standard InChI is InChI=1S/C12H9Cl2N3OS/c13-8-2-1-7(5-9(8)14)18-11-10(6-15)17-3-4-19-12(17)16-11/h1-5H,6,15H2. The van der Waals surface area contributed by atoms with Gasteiger partial charge in [0.05, 0.1) is 10.0 Å². The first-order valence-corrected chi connectivity index (χ1v) is 7.10. The molecule has 0 fully saturated rings. The maximum Gasteiger partial charge on any atom is 0.243 e. The van der Waals surface area contributed by atoms with Crippen molar-refractivity contribution in [1.29, 1.82) is 0 Å². The Kier molecular flexibility index (Phi) is 3.36. The van der Waals surface area contributed by atoms with Crippen LogP contribution in [0.1, 0.15) is 5.69 Å². The zero-order valence-electron chi connectivity index (χ0n) is 9.64. The summed E-state index contributed by atoms with van der Waals surface area (Å²) in [7, 11) is 0. The molecule has 1 aromatic carbocycles. The summed E-state index contributed by atoms with van der Waals surface area (Å²) < 4.78 is 7.65. The van der Waals surface area contributed by atoms with Gasteiger partial charge in [-0.05, 0) is 12.1 Å². The molecule has 98 valence electrons. The molecule has 0 spiro atoms. The van der Waals surface area contributed by atoms with Crippen LogP contribution in [0.4, 0.5) is 0 Å². The van der Waals surface area contributed by atoms with Crippen molar-refractivity contribution < 1.29 is 4.74 Å². The summed E-state index contributed by atoms with van der Waals surface area (Å²) in [4.78, 5) is 5.24. The highest BCUT2D eigenvalue weighted by molar-refractivity contribution is 7.15. The Morgan fingerprint density at radius 3 is 2.89 bits per heavy atom. The SMILES string of the molecule is NCc1c(Oc2ccc(Cl)c(Cl)c2)nc2sccn12. The van der Waals surface area contributed by atoms with Gasteiger partial charge in [-0.2, -0.15) is 4.98 Å². The highest BCUT2D eigenvalue weighted by atomic mass is 35.5. The van der Waals surface area contributed by atoms with E-state index in [9.17, 15) is 0 Å². The number of hydrogen-bond donors (Lipinski definition) is 1. The number of fused-ring (bicyclic) bond motifs is 1. The van der Waals surface area contributed by atoms with E-state index < -0.39 is 0 Å². The average molecular weight is 314 g/mol. The van der Waals surface area contributed by atoms with Crippen molar-refractivity contribution in [2.24, 2.45) is 5.73 Å². The fraction of sp³-hybridized carbons (Fsp3) is 0.0833. The molecule has 7 heteroatoms. The largest absolute Gasteiger partial charge is 0.437 e. The number of hydrogen-bond acceptors (Lipinski definition) is 4. The van der Waals surface area contributed by atoms with Gasteiger partial charge in [0.15, 0.2) is 4.96 Å². The Bertz CT molecular complexity index is 738. The van der Waals surface area contributed by atoms with Gasteiger partial charge in [-0.15, -0.1) is 11.3 Å². The van der Waals surface area contributed by atoms with Crippen LogP contribution in [0.2, 0.25) is 10.0 Å². The third-order valence-corrected chi connectivity index (χ3v) is 4.12. The summed E-state index contributed by atoms with van der Waals surface area (Å²) in [5.41, 5.74) is 6.57. The zero-order valence-corrected chi connectivity index (χ0v) is 12.0. The second-order valence-electron chi connectivity index (χ2n) is 3.80. The fourth-order valence-electron chi connectivity index (χ4n) is 1.73. The molecule has 0 radical (unpaired) electrons. The minimum Gasteiger partial charge on any atom is -0.437 e. The number of nitrogens with zero attached hydrogens (tertiary/aromatic N) is 2. The lowest BCUT2D eigenvalue weighted by Crippen LogP contribution is -2.01. The van der Waals surface area contributed by atoms with Crippen molar-refractivity contribution in [3.8, 4) is 11.6 Å². The first-order chi connectivity index (χ1) is 9.19. The Morgan fingerprint density at radius 2 is 2.16 bits per heavy atom. The molecule has 0 aliphatic carbocycles. The van der Waals surface area contributed by atoms with Gasteiger partial charge in [-0.25, -0.2) is 0 Å². The zero-order chi connectivity index (χ0) is 13.4. The smallest absolute Gasteiger partial charge is 0.243 e. The summed E-state index contributed by atoms with van der Waals surface area (Å²) in [5.74, 6) is 1.07. The van der Waals surface area contributed by atoms with E-state index >= 15 is 0 Å². The Balaban J connectivity index is 2.00. The highest BCUT2D eigenvalue weighted by Gasteiger charge is 2.14. The fourth-order valence-corrected chi connectivity index (χ4v) is 2.74. The molecule has 19 heavy (non-hydrogen) atoms. The van der Waals surface area contributed by atoms with Crippen molar-refractivity contribution in [3.63, 3.8) is 0 Å². The molecule has 0 aliphatic rings. The van der Waals surface area contributed by atoms with Gasteiger partial charge in [-0.3, -0.25) is 4.40 Å². The monoisotopic (exact) mass is 313 g/mol. The molecule has 2 aromatic heterocycles. The maximum absolute atomic E-state index is 5.95. The molecule has 2 N–H and O–H groups in total. The molecule has 0 unspecified atom stereocenters. The predicted molar refractivity (Wildman–Crippen MR) is 77.5 cm³/mol. The molecule has 0 amide bonds. The normalized spacial score (nSPS) is 11.1. The maximum atomic E-state index is 5.95. The molecule has 4 nitrogen and oxygen atoms in total. The van der Waals surface area contributed by atoms with Gasteiger partial charge in [0.25, 0.3) is 0 Å². The van der Waals surface area contributed by atoms with Crippen molar-refractivity contribution in [1.82, 2.24) is 9.38 Å². The van der Waals surface area contributed by atoms with E-state index in [1.807, 2.05) is 16.0 Å². The van der Waals surface area contributed by atoms with Gasteiger partial charge in [0.2, 0.25) is 5.88 Å². The molecular weight excluding hydrogens is 305 g/mol. The van der Waals surface area contributed by atoms with Crippen molar-refractivity contribution in [3.05, 3.63) is 45.5 Å². The first-order valence-electron chi connectivity index (χ1n) is 5.46. The van der Waals surface area contributed by atoms with Crippen LogP contribution < -0.4 is 10.5 Å². The van der Waals surface area contributed by atoms with Crippen molar-refractivity contribution >= 4 is 39.5 Å². The summed E-state index contributed by atoms with van der Waals surface area (Å²) in [6.07, 6.45) is 1.91. The summed E-state index contributed by atoms with van der Waals surface area (Å²) >= 11 is 13.3. The molecule has 2 heterocycles. The number of benzene rings is 1.